The zero-order chi connectivity index (χ0) is 27.4. The van der Waals surface area contributed by atoms with Gasteiger partial charge in [0, 0.05) is 5.56 Å². The first-order valence-electron chi connectivity index (χ1n) is 11.2. The van der Waals surface area contributed by atoms with Gasteiger partial charge in [-0.05, 0) is 64.8 Å². The molecule has 3 aromatic carbocycles. The lowest BCUT2D eigenvalue weighted by atomic mass is 10.1. The van der Waals surface area contributed by atoms with Crippen molar-refractivity contribution in [2.45, 2.75) is 13.1 Å². The number of aromatic nitrogens is 2. The van der Waals surface area contributed by atoms with Crippen LogP contribution >= 0.6 is 15.9 Å². The number of nitrogens with two attached hydrogens (primary N) is 1. The van der Waals surface area contributed by atoms with Crippen molar-refractivity contribution in [3.8, 4) is 22.9 Å². The normalized spacial score (nSPS) is 11.7. The second-order valence-electron chi connectivity index (χ2n) is 7.91. The number of ether oxygens (including phenoxy) is 2. The van der Waals surface area contributed by atoms with Crippen LogP contribution in [0.1, 0.15) is 18.1 Å². The van der Waals surface area contributed by atoms with E-state index < -0.39 is 23.2 Å². The van der Waals surface area contributed by atoms with E-state index in [1.165, 1.54) is 18.3 Å². The quantitative estimate of drug-likeness (QED) is 0.292. The topological polar surface area (TPSA) is 109 Å². The molecular weight excluding hydrogens is 569 g/mol. The average molecular weight is 589 g/mol. The highest BCUT2D eigenvalue weighted by Gasteiger charge is 2.31. The van der Waals surface area contributed by atoms with Crippen LogP contribution in [-0.4, -0.2) is 35.0 Å². The van der Waals surface area contributed by atoms with E-state index in [0.717, 1.165) is 16.8 Å². The summed E-state index contributed by atoms with van der Waals surface area (Å²) in [5.41, 5.74) is 4.55. The van der Waals surface area contributed by atoms with E-state index in [-0.39, 0.29) is 41.5 Å². The Hall–Kier alpha value is -4.19. The molecule has 4 rings (SSSR count). The van der Waals surface area contributed by atoms with Gasteiger partial charge in [-0.2, -0.15) is 22.9 Å². The zero-order valence-electron chi connectivity index (χ0n) is 19.8. The van der Waals surface area contributed by atoms with Crippen LogP contribution < -0.4 is 20.8 Å². The maximum Gasteiger partial charge on any atom is 0.416 e. The largest absolute Gasteiger partial charge is 0.490 e. The van der Waals surface area contributed by atoms with Gasteiger partial charge in [0.25, 0.3) is 11.5 Å². The Labute approximate surface area is 222 Å². The summed E-state index contributed by atoms with van der Waals surface area (Å²) in [6, 6.07) is 14.2. The van der Waals surface area contributed by atoms with E-state index in [9.17, 15) is 22.8 Å². The lowest BCUT2D eigenvalue weighted by Crippen LogP contribution is -2.21. The molecule has 0 saturated carbocycles. The summed E-state index contributed by atoms with van der Waals surface area (Å²) in [4.78, 5) is 28.9. The smallest absolute Gasteiger partial charge is 0.416 e. The molecule has 8 nitrogen and oxygen atoms in total. The van der Waals surface area contributed by atoms with Crippen molar-refractivity contribution in [1.82, 2.24) is 9.66 Å². The lowest BCUT2D eigenvalue weighted by Gasteiger charge is -2.14. The van der Waals surface area contributed by atoms with Gasteiger partial charge in [0.15, 0.2) is 23.9 Å². The number of rotatable bonds is 8. The first kappa shape index (κ1) is 26.9. The van der Waals surface area contributed by atoms with Crippen molar-refractivity contribution in [2.24, 2.45) is 10.8 Å². The Morgan fingerprint density at radius 3 is 2.61 bits per heavy atom. The van der Waals surface area contributed by atoms with Gasteiger partial charge in [-0.25, -0.2) is 4.98 Å². The summed E-state index contributed by atoms with van der Waals surface area (Å²) in [6.45, 7) is 1.67. The summed E-state index contributed by atoms with van der Waals surface area (Å²) in [5.74, 6) is -0.208. The third kappa shape index (κ3) is 5.86. The Balaban J connectivity index is 1.85. The van der Waals surface area contributed by atoms with Gasteiger partial charge in [0.05, 0.1) is 33.8 Å². The molecule has 0 saturated heterocycles. The lowest BCUT2D eigenvalue weighted by molar-refractivity contribution is -0.137. The summed E-state index contributed by atoms with van der Waals surface area (Å²) >= 11 is 3.36. The van der Waals surface area contributed by atoms with Crippen LogP contribution in [0.3, 0.4) is 0 Å². The molecule has 1 amide bonds. The maximum absolute atomic E-state index is 13.4. The SMILES string of the molecule is CCOc1cc(C=Nn2c(-c3cccc(C(F)(F)F)c3)nc3ccccc3c2=O)cc(Br)c1OCC(N)=O. The fourth-order valence-corrected chi connectivity index (χ4v) is 4.16. The number of nitrogens with zero attached hydrogens (tertiary/aromatic N) is 3. The number of para-hydroxylation sites is 1. The first-order valence-corrected chi connectivity index (χ1v) is 12.0. The Morgan fingerprint density at radius 1 is 1.13 bits per heavy atom. The van der Waals surface area contributed by atoms with Gasteiger partial charge in [-0.3, -0.25) is 9.59 Å². The molecule has 1 heterocycles. The summed E-state index contributed by atoms with van der Waals surface area (Å²) in [6.07, 6.45) is -3.25. The molecule has 196 valence electrons. The number of amides is 1. The van der Waals surface area contributed by atoms with E-state index in [0.29, 0.717) is 15.6 Å². The molecule has 4 aromatic rings. The Morgan fingerprint density at radius 2 is 1.89 bits per heavy atom. The number of hydrogen-bond acceptors (Lipinski definition) is 6. The van der Waals surface area contributed by atoms with Crippen molar-refractivity contribution in [3.05, 3.63) is 86.6 Å². The number of alkyl halides is 3. The van der Waals surface area contributed by atoms with Crippen molar-refractivity contribution in [1.29, 1.82) is 0 Å². The number of benzene rings is 3. The highest BCUT2D eigenvalue weighted by molar-refractivity contribution is 9.10. The van der Waals surface area contributed by atoms with Gasteiger partial charge in [-0.1, -0.05) is 24.3 Å². The molecule has 0 spiro atoms. The van der Waals surface area contributed by atoms with Crippen molar-refractivity contribution in [2.75, 3.05) is 13.2 Å². The summed E-state index contributed by atoms with van der Waals surface area (Å²) in [7, 11) is 0. The van der Waals surface area contributed by atoms with Crippen molar-refractivity contribution in [3.63, 3.8) is 0 Å². The first-order chi connectivity index (χ1) is 18.1. The third-order valence-electron chi connectivity index (χ3n) is 5.21. The summed E-state index contributed by atoms with van der Waals surface area (Å²) in [5, 5.41) is 4.53. The number of primary amides is 1. The standard InChI is InChI=1S/C26H20BrF3N4O4/c1-2-37-21-11-15(10-19(27)23(21)38-14-22(31)35)13-32-34-24(16-6-5-7-17(12-16)26(28,29)30)33-20-9-4-3-8-18(20)25(34)36/h3-13H,2,14H2,1H3,(H2,31,35). The molecule has 0 unspecified atom stereocenters. The molecule has 0 aliphatic heterocycles. The number of hydrogen-bond donors (Lipinski definition) is 1. The fourth-order valence-electron chi connectivity index (χ4n) is 3.59. The van der Waals surface area contributed by atoms with Crippen LogP contribution in [-0.2, 0) is 11.0 Å². The predicted octanol–water partition coefficient (Wildman–Crippen LogP) is 4.99. The minimum Gasteiger partial charge on any atom is -0.490 e. The van der Waals surface area contributed by atoms with Crippen LogP contribution in [0, 0.1) is 0 Å². The minimum atomic E-state index is -4.58. The highest BCUT2D eigenvalue weighted by Crippen LogP contribution is 2.37. The van der Waals surface area contributed by atoms with Gasteiger partial charge in [-0.15, -0.1) is 0 Å². The molecule has 0 fully saturated rings. The number of halogens is 4. The van der Waals surface area contributed by atoms with E-state index in [1.54, 1.807) is 43.3 Å². The highest BCUT2D eigenvalue weighted by atomic mass is 79.9. The monoisotopic (exact) mass is 588 g/mol. The molecule has 0 aliphatic rings. The van der Waals surface area contributed by atoms with Crippen molar-refractivity contribution >= 4 is 39.0 Å². The predicted molar refractivity (Wildman–Crippen MR) is 139 cm³/mol. The van der Waals surface area contributed by atoms with Gasteiger partial charge >= 0.3 is 6.18 Å². The molecule has 1 aromatic heterocycles. The van der Waals surface area contributed by atoms with E-state index >= 15 is 0 Å². The Bertz CT molecular complexity index is 1600. The second-order valence-corrected chi connectivity index (χ2v) is 8.76. The third-order valence-corrected chi connectivity index (χ3v) is 5.80. The van der Waals surface area contributed by atoms with Crippen LogP contribution in [0.5, 0.6) is 11.5 Å². The molecule has 12 heteroatoms. The maximum atomic E-state index is 13.4. The summed E-state index contributed by atoms with van der Waals surface area (Å²) < 4.78 is 52.6. The number of carbonyl (C=O) groups is 1. The zero-order valence-corrected chi connectivity index (χ0v) is 21.4. The number of fused-ring (bicyclic) bond motifs is 1. The molecule has 38 heavy (non-hydrogen) atoms. The number of carbonyl (C=O) groups excluding carboxylic acids is 1. The van der Waals surface area contributed by atoms with E-state index in [4.69, 9.17) is 15.2 Å². The average Bonchev–Trinajstić information content (AvgIpc) is 2.87. The molecule has 2 N–H and O–H groups in total. The Kier molecular flexibility index (Phi) is 7.81. The fraction of sp³-hybridized carbons (Fsp3) is 0.154. The van der Waals surface area contributed by atoms with Crippen LogP contribution in [0.2, 0.25) is 0 Å². The van der Waals surface area contributed by atoms with E-state index in [1.807, 2.05) is 0 Å². The minimum absolute atomic E-state index is 0.0613. The van der Waals surface area contributed by atoms with Gasteiger partial charge in [0.2, 0.25) is 0 Å². The second kappa shape index (κ2) is 11.1. The molecule has 0 radical (unpaired) electrons. The molecular formula is C26H20BrF3N4O4. The molecule has 0 bridgehead atoms. The van der Waals surface area contributed by atoms with Crippen molar-refractivity contribution < 1.29 is 27.4 Å². The van der Waals surface area contributed by atoms with Gasteiger partial charge < -0.3 is 15.2 Å². The van der Waals surface area contributed by atoms with Crippen LogP contribution in [0.25, 0.3) is 22.3 Å². The molecule has 0 aliphatic carbocycles. The van der Waals surface area contributed by atoms with Crippen LogP contribution in [0.15, 0.2) is 75.0 Å². The van der Waals surface area contributed by atoms with Crippen LogP contribution in [0.4, 0.5) is 13.2 Å². The van der Waals surface area contributed by atoms with Gasteiger partial charge in [0.1, 0.15) is 0 Å². The molecule has 0 atom stereocenters. The van der Waals surface area contributed by atoms with E-state index in [2.05, 4.69) is 26.0 Å².